The van der Waals surface area contributed by atoms with Crippen molar-refractivity contribution in [3.8, 4) is 0 Å². The molecule has 1 aromatic carbocycles. The summed E-state index contributed by atoms with van der Waals surface area (Å²) in [5.74, 6) is -0.0373. The van der Waals surface area contributed by atoms with Gasteiger partial charge in [-0.3, -0.25) is 9.69 Å². The second kappa shape index (κ2) is 7.91. The molecule has 4 nitrogen and oxygen atoms in total. The molecule has 130 valence electrons. The Hall–Kier alpha value is -2.02. The average molecular weight is 372 g/mol. The number of nitrogens with one attached hydrogen (secondary N) is 1. The van der Waals surface area contributed by atoms with E-state index in [1.807, 2.05) is 36.6 Å². The van der Waals surface area contributed by atoms with Crippen molar-refractivity contribution >= 4 is 39.4 Å². The van der Waals surface area contributed by atoms with Crippen molar-refractivity contribution in [3.05, 3.63) is 63.3 Å². The van der Waals surface area contributed by atoms with Crippen LogP contribution in [0.15, 0.2) is 47.2 Å². The van der Waals surface area contributed by atoms with Gasteiger partial charge in [-0.1, -0.05) is 23.8 Å². The lowest BCUT2D eigenvalue weighted by Gasteiger charge is -2.18. The molecule has 1 unspecified atom stereocenters. The first kappa shape index (κ1) is 17.8. The molecule has 0 aliphatic heterocycles. The van der Waals surface area contributed by atoms with E-state index < -0.39 is 0 Å². The zero-order valence-electron chi connectivity index (χ0n) is 14.5. The molecule has 0 saturated heterocycles. The number of hydrogen-bond donors (Lipinski definition) is 1. The molecule has 3 aromatic rings. The SMILES string of the molecule is CC(=O)N(c1ccc(C)cc1)c1nc(CNC(C)c2cccs2)cs1. The minimum Gasteiger partial charge on any atom is -0.304 e. The number of amides is 1. The Morgan fingerprint density at radius 3 is 2.64 bits per heavy atom. The maximum Gasteiger partial charge on any atom is 0.230 e. The van der Waals surface area contributed by atoms with Crippen molar-refractivity contribution in [2.75, 3.05) is 4.90 Å². The van der Waals surface area contributed by atoms with Crippen LogP contribution in [0.5, 0.6) is 0 Å². The highest BCUT2D eigenvalue weighted by atomic mass is 32.1. The number of carbonyl (C=O) groups is 1. The van der Waals surface area contributed by atoms with Gasteiger partial charge in [-0.2, -0.15) is 0 Å². The van der Waals surface area contributed by atoms with Gasteiger partial charge in [0.1, 0.15) is 0 Å². The van der Waals surface area contributed by atoms with Crippen LogP contribution in [0.2, 0.25) is 0 Å². The minimum atomic E-state index is -0.0373. The maximum absolute atomic E-state index is 12.1. The van der Waals surface area contributed by atoms with Crippen LogP contribution in [0.3, 0.4) is 0 Å². The number of thiophene rings is 1. The van der Waals surface area contributed by atoms with Crippen LogP contribution in [-0.2, 0) is 11.3 Å². The molecule has 0 fully saturated rings. The molecule has 0 bridgehead atoms. The highest BCUT2D eigenvalue weighted by molar-refractivity contribution is 7.14. The van der Waals surface area contributed by atoms with Crippen LogP contribution in [0.1, 0.15) is 36.0 Å². The van der Waals surface area contributed by atoms with Crippen molar-refractivity contribution < 1.29 is 4.79 Å². The van der Waals surface area contributed by atoms with Crippen LogP contribution >= 0.6 is 22.7 Å². The fourth-order valence-corrected chi connectivity index (χ4v) is 4.14. The molecule has 0 spiro atoms. The molecule has 0 aliphatic carbocycles. The number of aryl methyl sites for hydroxylation is 1. The number of anilines is 2. The monoisotopic (exact) mass is 371 g/mol. The van der Waals surface area contributed by atoms with E-state index in [0.29, 0.717) is 11.7 Å². The molecule has 2 aromatic heterocycles. The second-order valence-electron chi connectivity index (χ2n) is 5.93. The number of nitrogens with zero attached hydrogens (tertiary/aromatic N) is 2. The van der Waals surface area contributed by atoms with Gasteiger partial charge in [-0.05, 0) is 37.4 Å². The van der Waals surface area contributed by atoms with E-state index in [1.54, 1.807) is 23.2 Å². The van der Waals surface area contributed by atoms with Crippen molar-refractivity contribution in [3.63, 3.8) is 0 Å². The summed E-state index contributed by atoms with van der Waals surface area (Å²) >= 11 is 3.24. The first-order valence-corrected chi connectivity index (χ1v) is 9.89. The first-order valence-electron chi connectivity index (χ1n) is 8.13. The number of benzene rings is 1. The maximum atomic E-state index is 12.1. The normalized spacial score (nSPS) is 12.1. The molecular formula is C19H21N3OS2. The molecule has 3 rings (SSSR count). The minimum absolute atomic E-state index is 0.0373. The molecule has 2 heterocycles. The topological polar surface area (TPSA) is 45.2 Å². The molecule has 1 atom stereocenters. The molecule has 25 heavy (non-hydrogen) atoms. The number of thiazole rings is 1. The van der Waals surface area contributed by atoms with Gasteiger partial charge < -0.3 is 5.32 Å². The number of rotatable bonds is 6. The third-order valence-corrected chi connectivity index (χ3v) is 5.83. The van der Waals surface area contributed by atoms with Crippen molar-refractivity contribution in [1.29, 1.82) is 0 Å². The fourth-order valence-electron chi connectivity index (χ4n) is 2.50. The lowest BCUT2D eigenvalue weighted by molar-refractivity contribution is -0.115. The molecule has 0 saturated carbocycles. The summed E-state index contributed by atoms with van der Waals surface area (Å²) in [5, 5.41) is 8.28. The molecule has 0 aliphatic rings. The Labute approximate surface area is 156 Å². The van der Waals surface area contributed by atoms with E-state index in [2.05, 4.69) is 34.7 Å². The fraction of sp³-hybridized carbons (Fsp3) is 0.263. The highest BCUT2D eigenvalue weighted by Crippen LogP contribution is 2.29. The lowest BCUT2D eigenvalue weighted by atomic mass is 10.2. The van der Waals surface area contributed by atoms with Gasteiger partial charge in [0.15, 0.2) is 5.13 Å². The number of hydrogen-bond acceptors (Lipinski definition) is 5. The molecular weight excluding hydrogens is 350 g/mol. The van der Waals surface area contributed by atoms with Gasteiger partial charge in [0.25, 0.3) is 0 Å². The standard InChI is InChI=1S/C19H21N3OS2/c1-13-6-8-17(9-7-13)22(15(3)23)19-21-16(12-25-19)11-20-14(2)18-5-4-10-24-18/h4-10,12,14,20H,11H2,1-3H3. The summed E-state index contributed by atoms with van der Waals surface area (Å²) in [7, 11) is 0. The smallest absolute Gasteiger partial charge is 0.230 e. The molecule has 1 amide bonds. The zero-order chi connectivity index (χ0) is 17.8. The van der Waals surface area contributed by atoms with Crippen LogP contribution in [0, 0.1) is 6.92 Å². The Bertz CT molecular complexity index is 825. The Morgan fingerprint density at radius 1 is 1.24 bits per heavy atom. The molecule has 1 N–H and O–H groups in total. The van der Waals surface area contributed by atoms with Crippen LogP contribution in [0.25, 0.3) is 0 Å². The summed E-state index contributed by atoms with van der Waals surface area (Å²) in [4.78, 5) is 19.8. The Kier molecular flexibility index (Phi) is 5.63. The molecule has 0 radical (unpaired) electrons. The summed E-state index contributed by atoms with van der Waals surface area (Å²) in [6.45, 7) is 6.42. The van der Waals surface area contributed by atoms with E-state index in [1.165, 1.54) is 21.8 Å². The third-order valence-electron chi connectivity index (χ3n) is 3.90. The first-order chi connectivity index (χ1) is 12.0. The van der Waals surface area contributed by atoms with Gasteiger partial charge in [-0.15, -0.1) is 22.7 Å². The van der Waals surface area contributed by atoms with E-state index in [0.717, 1.165) is 11.4 Å². The van der Waals surface area contributed by atoms with Gasteiger partial charge in [0.05, 0.1) is 11.4 Å². The van der Waals surface area contributed by atoms with Crippen molar-refractivity contribution in [1.82, 2.24) is 10.3 Å². The third kappa shape index (κ3) is 4.34. The van der Waals surface area contributed by atoms with Crippen LogP contribution < -0.4 is 10.2 Å². The highest BCUT2D eigenvalue weighted by Gasteiger charge is 2.18. The summed E-state index contributed by atoms with van der Waals surface area (Å²) in [6.07, 6.45) is 0. The van der Waals surface area contributed by atoms with Crippen LogP contribution in [0.4, 0.5) is 10.8 Å². The van der Waals surface area contributed by atoms with Crippen molar-refractivity contribution in [2.45, 2.75) is 33.4 Å². The van der Waals surface area contributed by atoms with Crippen LogP contribution in [-0.4, -0.2) is 10.9 Å². The van der Waals surface area contributed by atoms with E-state index in [9.17, 15) is 4.79 Å². The van der Waals surface area contributed by atoms with E-state index in [4.69, 9.17) is 0 Å². The zero-order valence-corrected chi connectivity index (χ0v) is 16.2. The largest absolute Gasteiger partial charge is 0.304 e. The van der Waals surface area contributed by atoms with Gasteiger partial charge in [0, 0.05) is 29.8 Å². The Balaban J connectivity index is 1.72. The average Bonchev–Trinajstić information content (AvgIpc) is 3.26. The second-order valence-corrected chi connectivity index (χ2v) is 7.75. The van der Waals surface area contributed by atoms with E-state index >= 15 is 0 Å². The predicted molar refractivity (Wildman–Crippen MR) is 106 cm³/mol. The molecule has 6 heteroatoms. The Morgan fingerprint density at radius 2 is 2.00 bits per heavy atom. The summed E-state index contributed by atoms with van der Waals surface area (Å²) in [6, 6.07) is 12.4. The van der Waals surface area contributed by atoms with Gasteiger partial charge >= 0.3 is 0 Å². The number of aromatic nitrogens is 1. The quantitative estimate of drug-likeness (QED) is 0.659. The van der Waals surface area contributed by atoms with Crippen molar-refractivity contribution in [2.24, 2.45) is 0 Å². The number of carbonyl (C=O) groups excluding carboxylic acids is 1. The van der Waals surface area contributed by atoms with Gasteiger partial charge in [-0.25, -0.2) is 4.98 Å². The summed E-state index contributed by atoms with van der Waals surface area (Å²) < 4.78 is 0. The summed E-state index contributed by atoms with van der Waals surface area (Å²) in [5.41, 5.74) is 2.96. The lowest BCUT2D eigenvalue weighted by Crippen LogP contribution is -2.23. The van der Waals surface area contributed by atoms with E-state index in [-0.39, 0.29) is 11.9 Å². The van der Waals surface area contributed by atoms with Gasteiger partial charge in [0.2, 0.25) is 5.91 Å². The predicted octanol–water partition coefficient (Wildman–Crippen LogP) is 5.05.